The van der Waals surface area contributed by atoms with Crippen molar-refractivity contribution in [1.82, 2.24) is 5.01 Å². The number of rotatable bonds is 6. The van der Waals surface area contributed by atoms with Crippen LogP contribution in [0.15, 0.2) is 65.8 Å². The third kappa shape index (κ3) is 4.19. The van der Waals surface area contributed by atoms with Crippen LogP contribution >= 0.6 is 0 Å². The van der Waals surface area contributed by atoms with E-state index in [1.54, 1.807) is 36.4 Å². The molecule has 1 heterocycles. The lowest BCUT2D eigenvalue weighted by molar-refractivity contribution is -0.130. The van der Waals surface area contributed by atoms with Gasteiger partial charge in [0.05, 0.1) is 20.2 Å². The lowest BCUT2D eigenvalue weighted by Crippen LogP contribution is -2.38. The van der Waals surface area contributed by atoms with Crippen molar-refractivity contribution in [1.29, 1.82) is 0 Å². The second-order valence-corrected chi connectivity index (χ2v) is 5.07. The molecule has 24 heavy (non-hydrogen) atoms. The zero-order valence-electron chi connectivity index (χ0n) is 13.3. The molecule has 1 N–H and O–H groups in total. The number of hydrogen-bond acceptors (Lipinski definition) is 5. The summed E-state index contributed by atoms with van der Waals surface area (Å²) >= 11 is 0. The standard InChI is InChI=1S/C18H18N2O4/c1-3-4-5-6-14-12-20(19-16(17(14)21)18(22)23)11-13-7-9-15(24-2)10-8-13/h3-10H,1,11-12H2,2H3,(H,22,23)/b5-4-,14-6+. The highest BCUT2D eigenvalue weighted by molar-refractivity contribution is 6.67. The van der Waals surface area contributed by atoms with Crippen molar-refractivity contribution in [3.05, 3.63) is 66.3 Å². The maximum Gasteiger partial charge on any atom is 0.360 e. The lowest BCUT2D eigenvalue weighted by Gasteiger charge is -2.25. The third-order valence-corrected chi connectivity index (χ3v) is 3.37. The molecule has 1 aromatic rings. The van der Waals surface area contributed by atoms with Crippen LogP contribution in [0.25, 0.3) is 0 Å². The number of methoxy groups -OCH3 is 1. The summed E-state index contributed by atoms with van der Waals surface area (Å²) in [6, 6.07) is 7.37. The van der Waals surface area contributed by atoms with Gasteiger partial charge in [-0.2, -0.15) is 5.10 Å². The van der Waals surface area contributed by atoms with Gasteiger partial charge in [-0.1, -0.05) is 43.0 Å². The second kappa shape index (κ2) is 7.92. The zero-order valence-corrected chi connectivity index (χ0v) is 13.3. The number of hydrazone groups is 1. The second-order valence-electron chi connectivity index (χ2n) is 5.07. The van der Waals surface area contributed by atoms with Gasteiger partial charge >= 0.3 is 5.97 Å². The maximum atomic E-state index is 12.2. The number of allylic oxidation sites excluding steroid dienone is 4. The number of Topliss-reactive ketones (excluding diaryl/α,β-unsaturated/α-hetero) is 1. The fourth-order valence-corrected chi connectivity index (χ4v) is 2.19. The van der Waals surface area contributed by atoms with Crippen molar-refractivity contribution in [2.45, 2.75) is 6.54 Å². The highest BCUT2D eigenvalue weighted by Crippen LogP contribution is 2.17. The van der Waals surface area contributed by atoms with E-state index in [4.69, 9.17) is 4.74 Å². The topological polar surface area (TPSA) is 79.2 Å². The third-order valence-electron chi connectivity index (χ3n) is 3.37. The van der Waals surface area contributed by atoms with Gasteiger partial charge in [0.15, 0.2) is 0 Å². The summed E-state index contributed by atoms with van der Waals surface area (Å²) in [6.07, 6.45) is 6.48. The molecule has 6 nitrogen and oxygen atoms in total. The number of ketones is 1. The number of carboxylic acids is 1. The number of nitrogens with zero attached hydrogens (tertiary/aromatic N) is 2. The molecule has 0 unspecified atom stereocenters. The minimum atomic E-state index is -1.34. The Bertz CT molecular complexity index is 730. The molecule has 0 fully saturated rings. The molecule has 0 bridgehead atoms. The SMILES string of the molecule is C=C/C=C\C=C1/CN(Cc2ccc(OC)cc2)N=C(C(=O)O)C1=O. The number of aliphatic carboxylic acids is 1. The van der Waals surface area contributed by atoms with Crippen LogP contribution in [-0.2, 0) is 16.1 Å². The molecule has 0 aromatic heterocycles. The molecule has 0 saturated heterocycles. The fraction of sp³-hybridized carbons (Fsp3) is 0.167. The van der Waals surface area contributed by atoms with Crippen molar-refractivity contribution in [3.63, 3.8) is 0 Å². The van der Waals surface area contributed by atoms with Crippen LogP contribution in [0.3, 0.4) is 0 Å². The van der Waals surface area contributed by atoms with Crippen LogP contribution in [0.2, 0.25) is 0 Å². The number of carbonyl (C=O) groups excluding carboxylic acids is 1. The maximum absolute atomic E-state index is 12.2. The molecule has 0 amide bonds. The van der Waals surface area contributed by atoms with E-state index in [0.717, 1.165) is 11.3 Å². The quantitative estimate of drug-likeness (QED) is 0.640. The largest absolute Gasteiger partial charge is 0.497 e. The molecule has 2 rings (SSSR count). The molecule has 1 aromatic carbocycles. The minimum absolute atomic E-state index is 0.239. The molecule has 0 radical (unpaired) electrons. The van der Waals surface area contributed by atoms with Gasteiger partial charge in [0, 0.05) is 5.57 Å². The van der Waals surface area contributed by atoms with Crippen molar-refractivity contribution in [2.75, 3.05) is 13.7 Å². The lowest BCUT2D eigenvalue weighted by atomic mass is 10.0. The van der Waals surface area contributed by atoms with E-state index in [-0.39, 0.29) is 6.54 Å². The Morgan fingerprint density at radius 2 is 2.08 bits per heavy atom. The smallest absolute Gasteiger partial charge is 0.360 e. The first kappa shape index (κ1) is 17.2. The molecule has 0 spiro atoms. The van der Waals surface area contributed by atoms with Crippen molar-refractivity contribution in [3.8, 4) is 5.75 Å². The Labute approximate surface area is 140 Å². The van der Waals surface area contributed by atoms with Gasteiger partial charge in [-0.3, -0.25) is 9.80 Å². The summed E-state index contributed by atoms with van der Waals surface area (Å²) in [5.74, 6) is -1.17. The average Bonchev–Trinajstić information content (AvgIpc) is 2.58. The van der Waals surface area contributed by atoms with E-state index in [1.165, 1.54) is 0 Å². The molecule has 6 heteroatoms. The first-order valence-electron chi connectivity index (χ1n) is 7.28. The molecular weight excluding hydrogens is 308 g/mol. The van der Waals surface area contributed by atoms with Gasteiger partial charge in [-0.25, -0.2) is 4.79 Å². The summed E-state index contributed by atoms with van der Waals surface area (Å²) in [6.45, 7) is 4.18. The molecule has 0 aliphatic carbocycles. The molecule has 0 atom stereocenters. The Morgan fingerprint density at radius 3 is 2.67 bits per heavy atom. The van der Waals surface area contributed by atoms with Gasteiger partial charge in [0.2, 0.25) is 11.5 Å². The Morgan fingerprint density at radius 1 is 1.38 bits per heavy atom. The molecule has 1 aliphatic rings. The van der Waals surface area contributed by atoms with Gasteiger partial charge in [0.25, 0.3) is 0 Å². The zero-order chi connectivity index (χ0) is 17.5. The molecule has 0 saturated carbocycles. The normalized spacial score (nSPS) is 16.4. The van der Waals surface area contributed by atoms with Gasteiger partial charge in [-0.15, -0.1) is 0 Å². The summed E-state index contributed by atoms with van der Waals surface area (Å²) in [4.78, 5) is 23.4. The predicted molar refractivity (Wildman–Crippen MR) is 90.9 cm³/mol. The Hall–Kier alpha value is -3.15. The van der Waals surface area contributed by atoms with Crippen molar-refractivity contribution < 1.29 is 19.4 Å². The number of benzene rings is 1. The highest BCUT2D eigenvalue weighted by Gasteiger charge is 2.29. The van der Waals surface area contributed by atoms with Gasteiger partial charge in [0.1, 0.15) is 5.75 Å². The first-order chi connectivity index (χ1) is 11.5. The predicted octanol–water partition coefficient (Wildman–Crippen LogP) is 2.19. The number of carbonyl (C=O) groups is 2. The fourth-order valence-electron chi connectivity index (χ4n) is 2.19. The summed E-state index contributed by atoms with van der Waals surface area (Å²) in [7, 11) is 1.59. The summed E-state index contributed by atoms with van der Waals surface area (Å²) < 4.78 is 5.11. The number of ether oxygens (including phenoxy) is 1. The molecule has 124 valence electrons. The Kier molecular flexibility index (Phi) is 5.68. The van der Waals surface area contributed by atoms with E-state index < -0.39 is 17.5 Å². The van der Waals surface area contributed by atoms with Crippen LogP contribution in [0.1, 0.15) is 5.56 Å². The minimum Gasteiger partial charge on any atom is -0.497 e. The highest BCUT2D eigenvalue weighted by atomic mass is 16.5. The monoisotopic (exact) mass is 326 g/mol. The van der Waals surface area contributed by atoms with Crippen LogP contribution in [-0.4, -0.2) is 41.2 Å². The molecule has 1 aliphatic heterocycles. The van der Waals surface area contributed by atoms with Crippen molar-refractivity contribution >= 4 is 17.5 Å². The van der Waals surface area contributed by atoms with E-state index in [2.05, 4.69) is 11.7 Å². The van der Waals surface area contributed by atoms with Crippen LogP contribution in [0, 0.1) is 0 Å². The van der Waals surface area contributed by atoms with Crippen LogP contribution < -0.4 is 4.74 Å². The average molecular weight is 326 g/mol. The first-order valence-corrected chi connectivity index (χ1v) is 7.28. The summed E-state index contributed by atoms with van der Waals surface area (Å²) in [5.41, 5.74) is 0.821. The molecular formula is C18H18N2O4. The van der Waals surface area contributed by atoms with E-state index >= 15 is 0 Å². The van der Waals surface area contributed by atoms with Crippen LogP contribution in [0.5, 0.6) is 5.75 Å². The summed E-state index contributed by atoms with van der Waals surface area (Å²) in [5, 5.41) is 14.7. The van der Waals surface area contributed by atoms with Crippen molar-refractivity contribution in [2.24, 2.45) is 5.10 Å². The van der Waals surface area contributed by atoms with Crippen LogP contribution in [0.4, 0.5) is 0 Å². The number of carboxylic acid groups (broad SMARTS) is 1. The van der Waals surface area contributed by atoms with E-state index in [0.29, 0.717) is 12.1 Å². The van der Waals surface area contributed by atoms with Gasteiger partial charge in [-0.05, 0) is 17.7 Å². The van der Waals surface area contributed by atoms with E-state index in [9.17, 15) is 14.7 Å². The Balaban J connectivity index is 2.25. The van der Waals surface area contributed by atoms with E-state index in [1.807, 2.05) is 24.3 Å². The van der Waals surface area contributed by atoms with Gasteiger partial charge < -0.3 is 9.84 Å². The number of hydrogen-bond donors (Lipinski definition) is 1.